The maximum Gasteiger partial charge on any atom is 0.272 e. The third-order valence-electron chi connectivity index (χ3n) is 4.13. The largest absolute Gasteiger partial charge is 0.343 e. The molecule has 1 aliphatic rings. The Morgan fingerprint density at radius 3 is 2.96 bits per heavy atom. The van der Waals surface area contributed by atoms with Crippen LogP contribution in [-0.2, 0) is 26.1 Å². The average molecular weight is 330 g/mol. The summed E-state index contributed by atoms with van der Waals surface area (Å²) in [7, 11) is 0. The summed E-state index contributed by atoms with van der Waals surface area (Å²) in [6, 6.07) is 2.83. The summed E-state index contributed by atoms with van der Waals surface area (Å²) in [4.78, 5) is 24.0. The molecule has 0 spiro atoms. The van der Waals surface area contributed by atoms with Crippen LogP contribution in [-0.4, -0.2) is 30.5 Å². The van der Waals surface area contributed by atoms with Crippen molar-refractivity contribution in [3.63, 3.8) is 0 Å². The fourth-order valence-corrected chi connectivity index (χ4v) is 2.87. The van der Waals surface area contributed by atoms with E-state index in [2.05, 4.69) is 25.2 Å². The van der Waals surface area contributed by atoms with Gasteiger partial charge in [-0.05, 0) is 25.3 Å². The van der Waals surface area contributed by atoms with Crippen molar-refractivity contribution in [3.05, 3.63) is 39.8 Å². The highest BCUT2D eigenvalue weighted by Gasteiger charge is 2.16. The van der Waals surface area contributed by atoms with Crippen molar-refractivity contribution in [2.24, 2.45) is 0 Å². The molecule has 128 valence electrons. The number of hydrogen-bond acceptors (Lipinski definition) is 5. The molecule has 8 nitrogen and oxygen atoms in total. The number of nitrogens with one attached hydrogen (secondary N) is 1. The minimum Gasteiger partial charge on any atom is -0.343 e. The predicted octanol–water partition coefficient (Wildman–Crippen LogP) is 0.901. The first-order valence-electron chi connectivity index (χ1n) is 8.46. The molecule has 2 aromatic heterocycles. The van der Waals surface area contributed by atoms with Crippen molar-refractivity contribution in [1.82, 2.24) is 29.9 Å². The number of nitrogens with zero attached hydrogens (tertiary/aromatic N) is 5. The van der Waals surface area contributed by atoms with E-state index in [1.165, 1.54) is 23.2 Å². The van der Waals surface area contributed by atoms with Crippen molar-refractivity contribution < 1.29 is 4.79 Å². The van der Waals surface area contributed by atoms with Gasteiger partial charge in [0.15, 0.2) is 5.82 Å². The Balaban J connectivity index is 1.69. The van der Waals surface area contributed by atoms with E-state index in [1.54, 1.807) is 0 Å². The molecule has 8 heteroatoms. The van der Waals surface area contributed by atoms with Crippen LogP contribution in [0.15, 0.2) is 16.9 Å². The van der Waals surface area contributed by atoms with E-state index < -0.39 is 0 Å². The summed E-state index contributed by atoms with van der Waals surface area (Å²) >= 11 is 0. The zero-order valence-corrected chi connectivity index (χ0v) is 13.9. The predicted molar refractivity (Wildman–Crippen MR) is 87.5 cm³/mol. The number of hydrogen-bond donors (Lipinski definition) is 1. The standard InChI is InChI=1S/C16H22N6O2/c1-2-9-22-15(23)8-7-12(20-22)16(24)17-11-14-19-18-13-6-4-3-5-10-21(13)14/h7-8H,2-6,9-11H2,1H3,(H,17,24). The Bertz CT molecular complexity index is 779. The van der Waals surface area contributed by atoms with Crippen LogP contribution in [0.4, 0.5) is 0 Å². The number of carbonyl (C=O) groups excluding carboxylic acids is 1. The maximum atomic E-state index is 12.3. The molecule has 24 heavy (non-hydrogen) atoms. The van der Waals surface area contributed by atoms with E-state index >= 15 is 0 Å². The minimum absolute atomic E-state index is 0.198. The fourth-order valence-electron chi connectivity index (χ4n) is 2.87. The third-order valence-corrected chi connectivity index (χ3v) is 4.13. The van der Waals surface area contributed by atoms with Crippen molar-refractivity contribution in [2.75, 3.05) is 0 Å². The van der Waals surface area contributed by atoms with E-state index in [-0.39, 0.29) is 17.2 Å². The molecule has 1 amide bonds. The molecule has 0 saturated heterocycles. The zero-order chi connectivity index (χ0) is 16.9. The van der Waals surface area contributed by atoms with Crippen LogP contribution in [0.25, 0.3) is 0 Å². The molecule has 2 aromatic rings. The van der Waals surface area contributed by atoms with Gasteiger partial charge in [0.25, 0.3) is 11.5 Å². The fraction of sp³-hybridized carbons (Fsp3) is 0.562. The summed E-state index contributed by atoms with van der Waals surface area (Å²) in [6.45, 7) is 3.66. The van der Waals surface area contributed by atoms with Crippen molar-refractivity contribution in [3.8, 4) is 0 Å². The first kappa shape index (κ1) is 16.4. The monoisotopic (exact) mass is 330 g/mol. The van der Waals surface area contributed by atoms with Crippen LogP contribution in [0.5, 0.6) is 0 Å². The summed E-state index contributed by atoms with van der Waals surface area (Å²) in [5.74, 6) is 1.44. The smallest absolute Gasteiger partial charge is 0.272 e. The first-order valence-corrected chi connectivity index (χ1v) is 8.46. The number of rotatable bonds is 5. The molecule has 0 atom stereocenters. The van der Waals surface area contributed by atoms with Gasteiger partial charge in [-0.3, -0.25) is 9.59 Å². The number of fused-ring (bicyclic) bond motifs is 1. The zero-order valence-electron chi connectivity index (χ0n) is 13.9. The Morgan fingerprint density at radius 1 is 1.25 bits per heavy atom. The average Bonchev–Trinajstić information content (AvgIpc) is 2.81. The Hall–Kier alpha value is -2.51. The molecule has 1 N–H and O–H groups in total. The lowest BCUT2D eigenvalue weighted by atomic mass is 10.2. The molecule has 0 fully saturated rings. The van der Waals surface area contributed by atoms with Crippen LogP contribution in [0.1, 0.15) is 54.7 Å². The number of carbonyl (C=O) groups is 1. The van der Waals surface area contributed by atoms with Gasteiger partial charge in [-0.25, -0.2) is 4.68 Å². The number of amides is 1. The molecule has 0 aliphatic carbocycles. The van der Waals surface area contributed by atoms with Crippen LogP contribution >= 0.6 is 0 Å². The molecule has 0 bridgehead atoms. The van der Waals surface area contributed by atoms with Crippen LogP contribution in [0.2, 0.25) is 0 Å². The lowest BCUT2D eigenvalue weighted by Crippen LogP contribution is -2.30. The summed E-state index contributed by atoms with van der Waals surface area (Å²) in [6.07, 6.45) is 5.15. The summed E-state index contributed by atoms with van der Waals surface area (Å²) in [5, 5.41) is 15.3. The van der Waals surface area contributed by atoms with Gasteiger partial charge in [0, 0.05) is 25.6 Å². The number of aryl methyl sites for hydroxylation is 2. The van der Waals surface area contributed by atoms with Crippen molar-refractivity contribution in [2.45, 2.75) is 58.7 Å². The molecule has 0 saturated carbocycles. The second-order valence-corrected chi connectivity index (χ2v) is 5.96. The van der Waals surface area contributed by atoms with Crippen LogP contribution < -0.4 is 10.9 Å². The van der Waals surface area contributed by atoms with Gasteiger partial charge in [0.2, 0.25) is 0 Å². The topological polar surface area (TPSA) is 94.7 Å². The van der Waals surface area contributed by atoms with E-state index in [0.717, 1.165) is 43.9 Å². The molecule has 0 radical (unpaired) electrons. The highest BCUT2D eigenvalue weighted by Crippen LogP contribution is 2.14. The first-order chi connectivity index (χ1) is 11.7. The van der Waals surface area contributed by atoms with Gasteiger partial charge < -0.3 is 9.88 Å². The molecule has 3 heterocycles. The van der Waals surface area contributed by atoms with Crippen molar-refractivity contribution in [1.29, 1.82) is 0 Å². The summed E-state index contributed by atoms with van der Waals surface area (Å²) < 4.78 is 3.41. The maximum absolute atomic E-state index is 12.3. The highest BCUT2D eigenvalue weighted by molar-refractivity contribution is 5.91. The second kappa shape index (κ2) is 7.37. The molecular weight excluding hydrogens is 308 g/mol. The van der Waals surface area contributed by atoms with E-state index in [4.69, 9.17) is 0 Å². The highest BCUT2D eigenvalue weighted by atomic mass is 16.2. The Morgan fingerprint density at radius 2 is 2.12 bits per heavy atom. The minimum atomic E-state index is -0.314. The van der Waals surface area contributed by atoms with Gasteiger partial charge in [-0.15, -0.1) is 10.2 Å². The third kappa shape index (κ3) is 3.52. The van der Waals surface area contributed by atoms with Gasteiger partial charge >= 0.3 is 0 Å². The van der Waals surface area contributed by atoms with Crippen LogP contribution in [0, 0.1) is 0 Å². The second-order valence-electron chi connectivity index (χ2n) is 5.96. The quantitative estimate of drug-likeness (QED) is 0.879. The van der Waals surface area contributed by atoms with Crippen molar-refractivity contribution >= 4 is 5.91 Å². The lowest BCUT2D eigenvalue weighted by molar-refractivity contribution is 0.0941. The summed E-state index contributed by atoms with van der Waals surface area (Å²) in [5.41, 5.74) is 0.0369. The van der Waals surface area contributed by atoms with E-state index in [0.29, 0.717) is 13.1 Å². The lowest BCUT2D eigenvalue weighted by Gasteiger charge is -2.09. The van der Waals surface area contributed by atoms with Gasteiger partial charge in [0.1, 0.15) is 11.5 Å². The van der Waals surface area contributed by atoms with Gasteiger partial charge in [-0.2, -0.15) is 5.10 Å². The molecular formula is C16H22N6O2. The molecule has 1 aliphatic heterocycles. The SMILES string of the molecule is CCCn1nc(C(=O)NCc2nnc3n2CCCCC3)ccc1=O. The molecule has 3 rings (SSSR count). The molecule has 0 aromatic carbocycles. The van der Waals surface area contributed by atoms with E-state index in [1.807, 2.05) is 6.92 Å². The van der Waals surface area contributed by atoms with Crippen LogP contribution in [0.3, 0.4) is 0 Å². The van der Waals surface area contributed by atoms with Gasteiger partial charge in [-0.1, -0.05) is 13.3 Å². The Kier molecular flexibility index (Phi) is 5.02. The normalized spacial score (nSPS) is 14.0. The molecule has 0 unspecified atom stereocenters. The van der Waals surface area contributed by atoms with Gasteiger partial charge in [0.05, 0.1) is 6.54 Å². The number of aromatic nitrogens is 5. The van der Waals surface area contributed by atoms with E-state index in [9.17, 15) is 9.59 Å². The Labute approximate surface area is 139 Å².